The predicted molar refractivity (Wildman–Crippen MR) is 80.7 cm³/mol. The summed E-state index contributed by atoms with van der Waals surface area (Å²) >= 11 is 6.86. The van der Waals surface area contributed by atoms with Gasteiger partial charge in [-0.25, -0.2) is 4.98 Å². The summed E-state index contributed by atoms with van der Waals surface area (Å²) < 4.78 is 1.88. The minimum Gasteiger partial charge on any atom is -0.269 e. The number of benzene rings is 1. The maximum Gasteiger partial charge on any atom is 0.310 e. The number of fused-ring (bicyclic) bond motifs is 1. The van der Waals surface area contributed by atoms with Crippen LogP contribution in [0.25, 0.3) is 10.1 Å². The van der Waals surface area contributed by atoms with E-state index in [0.29, 0.717) is 20.9 Å². The first-order valence-corrected chi connectivity index (χ1v) is 7.09. The van der Waals surface area contributed by atoms with E-state index in [2.05, 4.69) is 4.98 Å². The summed E-state index contributed by atoms with van der Waals surface area (Å²) in [4.78, 5) is 28.2. The van der Waals surface area contributed by atoms with E-state index >= 15 is 0 Å². The lowest BCUT2D eigenvalue weighted by atomic mass is 10.3. The Morgan fingerprint density at radius 2 is 1.90 bits per heavy atom. The third-order valence-electron chi connectivity index (χ3n) is 2.87. The number of hydrogen-bond donors (Lipinski definition) is 0. The zero-order valence-corrected chi connectivity index (χ0v) is 11.8. The van der Waals surface area contributed by atoms with Crippen molar-refractivity contribution in [3.63, 3.8) is 0 Å². The van der Waals surface area contributed by atoms with Gasteiger partial charge in [-0.05, 0) is 24.3 Å². The van der Waals surface area contributed by atoms with Crippen molar-refractivity contribution in [2.45, 2.75) is 6.54 Å². The van der Waals surface area contributed by atoms with Crippen LogP contribution in [0.4, 0.5) is 0 Å². The minimum absolute atomic E-state index is 0.125. The van der Waals surface area contributed by atoms with Crippen LogP contribution in [0.2, 0.25) is 5.15 Å². The van der Waals surface area contributed by atoms with Crippen LogP contribution in [0.3, 0.4) is 0 Å². The summed E-state index contributed by atoms with van der Waals surface area (Å²) in [5.74, 6) is 0. The molecule has 4 nitrogen and oxygen atoms in total. The van der Waals surface area contributed by atoms with Crippen molar-refractivity contribution in [3.05, 3.63) is 73.3 Å². The lowest BCUT2D eigenvalue weighted by Crippen LogP contribution is -2.31. The molecule has 3 rings (SSSR count). The summed E-state index contributed by atoms with van der Waals surface area (Å²) in [5, 5.41) is 0.881. The van der Waals surface area contributed by atoms with Crippen LogP contribution in [0.5, 0.6) is 0 Å². The lowest BCUT2D eigenvalue weighted by Gasteiger charge is -2.05. The molecule has 0 bridgehead atoms. The van der Waals surface area contributed by atoms with Crippen LogP contribution >= 0.6 is 22.9 Å². The third kappa shape index (κ3) is 2.37. The molecule has 0 amide bonds. The quantitative estimate of drug-likeness (QED) is 0.684. The first-order chi connectivity index (χ1) is 9.65. The van der Waals surface area contributed by atoms with Gasteiger partial charge < -0.3 is 0 Å². The SMILES string of the molecule is O=c1sc2ccccc2c(=O)n1Cc1cccc(Cl)n1. The van der Waals surface area contributed by atoms with E-state index in [4.69, 9.17) is 11.6 Å². The Bertz CT molecular complexity index is 901. The molecule has 100 valence electrons. The summed E-state index contributed by atoms with van der Waals surface area (Å²) in [6.07, 6.45) is 0. The monoisotopic (exact) mass is 304 g/mol. The fourth-order valence-electron chi connectivity index (χ4n) is 1.95. The highest BCUT2D eigenvalue weighted by Gasteiger charge is 2.09. The molecule has 1 aromatic carbocycles. The van der Waals surface area contributed by atoms with Crippen molar-refractivity contribution >= 4 is 33.0 Å². The van der Waals surface area contributed by atoms with E-state index < -0.39 is 0 Å². The number of nitrogens with zero attached hydrogens (tertiary/aromatic N) is 2. The van der Waals surface area contributed by atoms with E-state index in [9.17, 15) is 9.59 Å². The predicted octanol–water partition coefficient (Wildman–Crippen LogP) is 2.52. The Kier molecular flexibility index (Phi) is 3.38. The summed E-state index contributed by atoms with van der Waals surface area (Å²) in [6, 6.07) is 12.2. The maximum absolute atomic E-state index is 12.3. The third-order valence-corrected chi connectivity index (χ3v) is 4.05. The van der Waals surface area contributed by atoms with Gasteiger partial charge in [-0.2, -0.15) is 0 Å². The zero-order chi connectivity index (χ0) is 14.1. The van der Waals surface area contributed by atoms with Crippen LogP contribution in [0.1, 0.15) is 5.69 Å². The summed E-state index contributed by atoms with van der Waals surface area (Å²) in [7, 11) is 0. The smallest absolute Gasteiger partial charge is 0.269 e. The second-order valence-corrected chi connectivity index (χ2v) is 5.59. The molecule has 0 atom stereocenters. The molecule has 0 fully saturated rings. The molecule has 2 heterocycles. The number of halogens is 1. The van der Waals surface area contributed by atoms with Gasteiger partial charge in [-0.15, -0.1) is 0 Å². The fraction of sp³-hybridized carbons (Fsp3) is 0.0714. The number of pyridine rings is 1. The van der Waals surface area contributed by atoms with E-state index in [1.54, 1.807) is 42.5 Å². The first-order valence-electron chi connectivity index (χ1n) is 5.89. The molecular formula is C14H9ClN2O2S. The normalized spacial score (nSPS) is 10.8. The van der Waals surface area contributed by atoms with Crippen molar-refractivity contribution in [2.24, 2.45) is 0 Å². The molecule has 0 aliphatic heterocycles. The molecule has 3 aromatic rings. The van der Waals surface area contributed by atoms with E-state index in [-0.39, 0.29) is 17.0 Å². The van der Waals surface area contributed by atoms with Gasteiger partial charge in [0.15, 0.2) is 0 Å². The van der Waals surface area contributed by atoms with Gasteiger partial charge in [0.25, 0.3) is 5.56 Å². The minimum atomic E-state index is -0.300. The number of rotatable bonds is 2. The van der Waals surface area contributed by atoms with Gasteiger partial charge in [0.05, 0.1) is 17.6 Å². The van der Waals surface area contributed by atoms with Crippen molar-refractivity contribution in [3.8, 4) is 0 Å². The Morgan fingerprint density at radius 1 is 1.10 bits per heavy atom. The Hall–Kier alpha value is -1.98. The Balaban J connectivity index is 2.17. The van der Waals surface area contributed by atoms with Gasteiger partial charge in [0, 0.05) is 4.70 Å². The first kappa shape index (κ1) is 13.0. The standard InChI is InChI=1S/C14H9ClN2O2S/c15-12-7-3-4-9(16-12)8-17-13(18)10-5-1-2-6-11(10)20-14(17)19/h1-7H,8H2. The van der Waals surface area contributed by atoms with E-state index in [1.165, 1.54) is 4.57 Å². The molecule has 2 aromatic heterocycles. The number of hydrogen-bond acceptors (Lipinski definition) is 4. The highest BCUT2D eigenvalue weighted by atomic mass is 35.5. The van der Waals surface area contributed by atoms with Gasteiger partial charge in [0.1, 0.15) is 5.15 Å². The van der Waals surface area contributed by atoms with E-state index in [0.717, 1.165) is 11.3 Å². The highest BCUT2D eigenvalue weighted by Crippen LogP contribution is 2.11. The second kappa shape index (κ2) is 5.19. The number of aromatic nitrogens is 2. The molecule has 0 aliphatic carbocycles. The zero-order valence-electron chi connectivity index (χ0n) is 10.2. The largest absolute Gasteiger partial charge is 0.310 e. The van der Waals surface area contributed by atoms with Crippen LogP contribution < -0.4 is 10.4 Å². The van der Waals surface area contributed by atoms with Crippen molar-refractivity contribution in [1.29, 1.82) is 0 Å². The van der Waals surface area contributed by atoms with Crippen molar-refractivity contribution < 1.29 is 0 Å². The van der Waals surface area contributed by atoms with Crippen LogP contribution in [-0.2, 0) is 6.54 Å². The highest BCUT2D eigenvalue weighted by molar-refractivity contribution is 7.16. The average molecular weight is 305 g/mol. The molecule has 6 heteroatoms. The van der Waals surface area contributed by atoms with E-state index in [1.807, 2.05) is 0 Å². The fourth-order valence-corrected chi connectivity index (χ4v) is 2.99. The molecular weight excluding hydrogens is 296 g/mol. The summed E-state index contributed by atoms with van der Waals surface area (Å²) in [6.45, 7) is 0.125. The molecule has 0 saturated heterocycles. The molecule has 0 saturated carbocycles. The maximum atomic E-state index is 12.3. The van der Waals surface area contributed by atoms with Crippen molar-refractivity contribution in [1.82, 2.24) is 9.55 Å². The second-order valence-electron chi connectivity index (χ2n) is 4.21. The van der Waals surface area contributed by atoms with Crippen LogP contribution in [0, 0.1) is 0 Å². The van der Waals surface area contributed by atoms with Crippen LogP contribution in [0.15, 0.2) is 52.1 Å². The van der Waals surface area contributed by atoms with Gasteiger partial charge in [0.2, 0.25) is 0 Å². The molecule has 0 spiro atoms. The Morgan fingerprint density at radius 3 is 2.70 bits per heavy atom. The molecule has 0 radical (unpaired) electrons. The summed E-state index contributed by atoms with van der Waals surface area (Å²) in [5.41, 5.74) is 0.283. The molecule has 20 heavy (non-hydrogen) atoms. The van der Waals surface area contributed by atoms with Gasteiger partial charge in [-0.1, -0.05) is 41.1 Å². The Labute approximate surface area is 122 Å². The van der Waals surface area contributed by atoms with Crippen molar-refractivity contribution in [2.75, 3.05) is 0 Å². The van der Waals surface area contributed by atoms with Crippen LogP contribution in [-0.4, -0.2) is 9.55 Å². The lowest BCUT2D eigenvalue weighted by molar-refractivity contribution is 0.733. The average Bonchev–Trinajstić information content (AvgIpc) is 2.43. The topological polar surface area (TPSA) is 52.0 Å². The van der Waals surface area contributed by atoms with Gasteiger partial charge in [-0.3, -0.25) is 14.2 Å². The van der Waals surface area contributed by atoms with Gasteiger partial charge >= 0.3 is 4.87 Å². The molecule has 0 N–H and O–H groups in total. The molecule has 0 unspecified atom stereocenters. The molecule has 0 aliphatic rings.